The fraction of sp³-hybridized carbons (Fsp3) is 0.464. The molecule has 0 radical (unpaired) electrons. The van der Waals surface area contributed by atoms with Crippen molar-refractivity contribution >= 4 is 23.3 Å². The Morgan fingerprint density at radius 1 is 1.23 bits per heavy atom. The molecule has 1 aliphatic heterocycles. The summed E-state index contributed by atoms with van der Waals surface area (Å²) in [6.07, 6.45) is 14.4. The van der Waals surface area contributed by atoms with E-state index in [1.165, 1.54) is 0 Å². The van der Waals surface area contributed by atoms with Gasteiger partial charge in [0.05, 0.1) is 17.3 Å². The lowest BCUT2D eigenvalue weighted by molar-refractivity contribution is -0.148. The molecule has 0 spiro atoms. The number of methoxy groups -OCH3 is 1. The molecule has 2 rings (SSSR count). The Morgan fingerprint density at radius 2 is 2.03 bits per heavy atom. The van der Waals surface area contributed by atoms with E-state index in [2.05, 4.69) is 11.8 Å². The fourth-order valence-corrected chi connectivity index (χ4v) is 4.32. The molecule has 2 atom stereocenters. The molecule has 188 valence electrons. The summed E-state index contributed by atoms with van der Waals surface area (Å²) in [4.78, 5) is 29.2. The first-order chi connectivity index (χ1) is 16.9. The highest BCUT2D eigenvalue weighted by atomic mass is 32.1. The van der Waals surface area contributed by atoms with Crippen LogP contribution in [0.2, 0.25) is 0 Å². The number of allylic oxidation sites excluding steroid dienone is 5. The molecule has 2 bridgehead atoms. The molecular formula is C28H35NO5S. The monoisotopic (exact) mass is 497 g/mol. The lowest BCUT2D eigenvalue weighted by atomic mass is 10.1. The number of aryl methyl sites for hydroxylation is 1. The topological polar surface area (TPSA) is 74.7 Å². The third-order valence-corrected chi connectivity index (χ3v) is 5.97. The van der Waals surface area contributed by atoms with Gasteiger partial charge in [-0.25, -0.2) is 9.78 Å². The third kappa shape index (κ3) is 12.4. The van der Waals surface area contributed by atoms with Crippen LogP contribution in [0.5, 0.6) is 0 Å². The number of hydrogen-bond acceptors (Lipinski definition) is 7. The summed E-state index contributed by atoms with van der Waals surface area (Å²) < 4.78 is 16.1. The van der Waals surface area contributed by atoms with Gasteiger partial charge in [-0.1, -0.05) is 41.4 Å². The van der Waals surface area contributed by atoms with Crippen LogP contribution in [0, 0.1) is 11.8 Å². The van der Waals surface area contributed by atoms with E-state index in [1.807, 2.05) is 56.5 Å². The smallest absolute Gasteiger partial charge is 0.385 e. The van der Waals surface area contributed by atoms with Crippen molar-refractivity contribution in [3.8, 4) is 11.8 Å². The third-order valence-electron chi connectivity index (χ3n) is 5.05. The molecule has 0 saturated heterocycles. The van der Waals surface area contributed by atoms with E-state index < -0.39 is 12.1 Å². The van der Waals surface area contributed by atoms with E-state index in [0.29, 0.717) is 25.9 Å². The number of esters is 2. The van der Waals surface area contributed by atoms with Crippen LogP contribution in [-0.4, -0.2) is 42.8 Å². The molecule has 0 amide bonds. The van der Waals surface area contributed by atoms with E-state index in [0.717, 1.165) is 41.1 Å². The van der Waals surface area contributed by atoms with E-state index in [1.54, 1.807) is 24.5 Å². The van der Waals surface area contributed by atoms with Crippen molar-refractivity contribution in [2.75, 3.05) is 13.7 Å². The Bertz CT molecular complexity index is 1020. The van der Waals surface area contributed by atoms with Gasteiger partial charge >= 0.3 is 11.9 Å². The Labute approximate surface area is 212 Å². The number of hydrogen-bond donors (Lipinski definition) is 0. The second kappa shape index (κ2) is 15.9. The van der Waals surface area contributed by atoms with Gasteiger partial charge in [-0.15, -0.1) is 11.3 Å². The molecule has 0 saturated carbocycles. The zero-order valence-electron chi connectivity index (χ0n) is 21.0. The maximum atomic E-state index is 12.4. The fourth-order valence-electron chi connectivity index (χ4n) is 3.45. The van der Waals surface area contributed by atoms with Crippen LogP contribution in [-0.2, 0) is 36.6 Å². The zero-order chi connectivity index (χ0) is 25.5. The minimum Gasteiger partial charge on any atom is -0.462 e. The summed E-state index contributed by atoms with van der Waals surface area (Å²) in [5.41, 5.74) is 2.87. The van der Waals surface area contributed by atoms with Crippen LogP contribution in [0.15, 0.2) is 53.0 Å². The highest BCUT2D eigenvalue weighted by Gasteiger charge is 2.15. The maximum absolute atomic E-state index is 12.4. The normalized spacial score (nSPS) is 22.9. The van der Waals surface area contributed by atoms with Gasteiger partial charge in [-0.05, 0) is 52.2 Å². The number of carbonyl (C=O) groups excluding carboxylic acids is 2. The highest BCUT2D eigenvalue weighted by Crippen LogP contribution is 2.18. The predicted octanol–water partition coefficient (Wildman–Crippen LogP) is 5.30. The Balaban J connectivity index is 2.21. The number of rotatable bonds is 5. The molecule has 0 unspecified atom stereocenters. The summed E-state index contributed by atoms with van der Waals surface area (Å²) in [6, 6.07) is 0. The second-order valence-corrected chi connectivity index (χ2v) is 9.45. The average molecular weight is 498 g/mol. The van der Waals surface area contributed by atoms with Gasteiger partial charge in [-0.2, -0.15) is 0 Å². The van der Waals surface area contributed by atoms with Gasteiger partial charge in [0.15, 0.2) is 0 Å². The Morgan fingerprint density at radius 3 is 2.83 bits per heavy atom. The number of aromatic nitrogens is 1. The van der Waals surface area contributed by atoms with Gasteiger partial charge in [-0.3, -0.25) is 4.79 Å². The van der Waals surface area contributed by atoms with Gasteiger partial charge < -0.3 is 14.2 Å². The van der Waals surface area contributed by atoms with Crippen molar-refractivity contribution in [3.05, 3.63) is 63.7 Å². The van der Waals surface area contributed by atoms with Crippen LogP contribution < -0.4 is 0 Å². The second-order valence-electron chi connectivity index (χ2n) is 8.51. The number of cyclic esters (lactones) is 2. The standard InChI is InChI=1S/C28H35NO5S/c1-21-12-10-15-28(31)34-25(18-22(2)11-6-5-9-16-32-4)19-26-29-24(20-35-26)13-7-8-14-27(30)33-23(3)17-21/h5-6,9,11-12,18,20,23,25H,7-8,13-14,16-17,19H2,1-4H3/b9-5+,11-6+,21-12+,22-18+/t23-,25+/m0/s1. The van der Waals surface area contributed by atoms with E-state index >= 15 is 0 Å². The molecule has 1 aromatic heterocycles. The van der Waals surface area contributed by atoms with Gasteiger partial charge in [0, 0.05) is 37.7 Å². The number of nitrogens with zero attached hydrogens (tertiary/aromatic N) is 1. The molecule has 0 N–H and O–H groups in total. The molecule has 7 heteroatoms. The molecule has 1 aromatic rings. The summed E-state index contributed by atoms with van der Waals surface area (Å²) in [5, 5.41) is 2.91. The van der Waals surface area contributed by atoms with Gasteiger partial charge in [0.2, 0.25) is 0 Å². The predicted molar refractivity (Wildman–Crippen MR) is 139 cm³/mol. The van der Waals surface area contributed by atoms with Crippen LogP contribution in [0.1, 0.15) is 57.2 Å². The van der Waals surface area contributed by atoms with Crippen molar-refractivity contribution in [3.63, 3.8) is 0 Å². The molecule has 35 heavy (non-hydrogen) atoms. The molecule has 6 nitrogen and oxygen atoms in total. The van der Waals surface area contributed by atoms with Gasteiger partial charge in [0.25, 0.3) is 0 Å². The van der Waals surface area contributed by atoms with E-state index in [-0.39, 0.29) is 12.1 Å². The molecule has 2 heterocycles. The molecule has 0 fully saturated rings. The number of fused-ring (bicyclic) bond motifs is 2. The summed E-state index contributed by atoms with van der Waals surface area (Å²) in [7, 11) is 1.65. The minimum absolute atomic E-state index is 0.190. The number of ether oxygens (including phenoxy) is 3. The summed E-state index contributed by atoms with van der Waals surface area (Å²) in [5.74, 6) is 4.51. The van der Waals surface area contributed by atoms with Crippen LogP contribution in [0.25, 0.3) is 0 Å². The first-order valence-electron chi connectivity index (χ1n) is 11.9. The van der Waals surface area contributed by atoms with E-state index in [9.17, 15) is 9.59 Å². The molecule has 0 aliphatic carbocycles. The quantitative estimate of drug-likeness (QED) is 0.238. The molecule has 0 aromatic carbocycles. The van der Waals surface area contributed by atoms with Crippen molar-refractivity contribution in [2.24, 2.45) is 0 Å². The maximum Gasteiger partial charge on any atom is 0.385 e. The molecular weight excluding hydrogens is 462 g/mol. The molecule has 1 aliphatic rings. The van der Waals surface area contributed by atoms with Crippen molar-refractivity contribution in [1.82, 2.24) is 4.98 Å². The van der Waals surface area contributed by atoms with Crippen molar-refractivity contribution in [1.29, 1.82) is 0 Å². The largest absolute Gasteiger partial charge is 0.462 e. The number of carbonyl (C=O) groups is 2. The zero-order valence-corrected chi connectivity index (χ0v) is 21.9. The lowest BCUT2D eigenvalue weighted by Crippen LogP contribution is -2.18. The van der Waals surface area contributed by atoms with Crippen molar-refractivity contribution in [2.45, 2.75) is 71.5 Å². The van der Waals surface area contributed by atoms with E-state index in [4.69, 9.17) is 19.2 Å². The van der Waals surface area contributed by atoms with Crippen LogP contribution >= 0.6 is 11.3 Å². The SMILES string of the molecule is COC/C=C/C=C/C(C)=C/[C@@H]1Cc2nc(cs2)CCCCC(=O)O[C@@H](C)C/C(C)=C/C#CC(=O)O1. The number of thiazole rings is 1. The lowest BCUT2D eigenvalue weighted by Gasteiger charge is -2.13. The van der Waals surface area contributed by atoms with Gasteiger partial charge in [0.1, 0.15) is 12.2 Å². The first-order valence-corrected chi connectivity index (χ1v) is 12.7. The summed E-state index contributed by atoms with van der Waals surface area (Å²) in [6.45, 7) is 6.26. The minimum atomic E-state index is -0.596. The van der Waals surface area contributed by atoms with Crippen LogP contribution in [0.3, 0.4) is 0 Å². The van der Waals surface area contributed by atoms with Crippen molar-refractivity contribution < 1.29 is 23.8 Å². The average Bonchev–Trinajstić information content (AvgIpc) is 3.22. The Hall–Kier alpha value is -2.95. The first kappa shape index (κ1) is 28.3. The summed E-state index contributed by atoms with van der Waals surface area (Å²) >= 11 is 1.55. The Kier molecular flexibility index (Phi) is 12.8. The highest BCUT2D eigenvalue weighted by molar-refractivity contribution is 7.09. The van der Waals surface area contributed by atoms with Crippen LogP contribution in [0.4, 0.5) is 0 Å².